The van der Waals surface area contributed by atoms with E-state index in [1.807, 2.05) is 36.4 Å². The van der Waals surface area contributed by atoms with Gasteiger partial charge >= 0.3 is 0 Å². The van der Waals surface area contributed by atoms with Gasteiger partial charge in [0.15, 0.2) is 4.34 Å². The van der Waals surface area contributed by atoms with E-state index in [0.717, 1.165) is 20.1 Å². The maximum absolute atomic E-state index is 12.6. The average molecular weight is 438 g/mol. The van der Waals surface area contributed by atoms with Crippen LogP contribution < -0.4 is 10.6 Å². The van der Waals surface area contributed by atoms with Crippen LogP contribution in [-0.4, -0.2) is 23.3 Å². The largest absolute Gasteiger partial charge is 0.467 e. The number of thiazole rings is 1. The van der Waals surface area contributed by atoms with Crippen LogP contribution in [0, 0.1) is 0 Å². The van der Waals surface area contributed by atoms with Crippen LogP contribution in [0.3, 0.4) is 0 Å². The fraction of sp³-hybridized carbons (Fsp3) is 0.136. The molecule has 0 atom stereocenters. The van der Waals surface area contributed by atoms with Crippen molar-refractivity contribution in [2.45, 2.75) is 16.6 Å². The standard InChI is InChI=1S/C22H19N3O3S2/c26-20(23-12-16-7-5-11-28-16)13-24-21(27)17-8-2-1-6-15(17)14-29-22-25-18-9-3-4-10-19(18)30-22/h1-11H,12-14H2,(H,23,26)(H,24,27). The maximum Gasteiger partial charge on any atom is 0.252 e. The number of nitrogens with zero attached hydrogens (tertiary/aromatic N) is 1. The van der Waals surface area contributed by atoms with Gasteiger partial charge < -0.3 is 15.1 Å². The molecule has 4 rings (SSSR count). The highest BCUT2D eigenvalue weighted by molar-refractivity contribution is 8.00. The van der Waals surface area contributed by atoms with Crippen molar-refractivity contribution >= 4 is 45.1 Å². The van der Waals surface area contributed by atoms with E-state index in [1.54, 1.807) is 47.6 Å². The van der Waals surface area contributed by atoms with Crippen LogP contribution in [0.4, 0.5) is 0 Å². The second-order valence-electron chi connectivity index (χ2n) is 6.43. The van der Waals surface area contributed by atoms with Crippen molar-refractivity contribution in [3.63, 3.8) is 0 Å². The summed E-state index contributed by atoms with van der Waals surface area (Å²) in [5, 5.41) is 5.39. The number of carbonyl (C=O) groups is 2. The Kier molecular flexibility index (Phi) is 6.46. The first-order valence-electron chi connectivity index (χ1n) is 9.32. The fourth-order valence-electron chi connectivity index (χ4n) is 2.84. The molecule has 0 radical (unpaired) electrons. The summed E-state index contributed by atoms with van der Waals surface area (Å²) in [7, 11) is 0. The third-order valence-corrected chi connectivity index (χ3v) is 6.56. The van der Waals surface area contributed by atoms with Crippen molar-refractivity contribution in [1.82, 2.24) is 15.6 Å². The van der Waals surface area contributed by atoms with Gasteiger partial charge in [0.2, 0.25) is 5.91 Å². The molecule has 0 aliphatic heterocycles. The van der Waals surface area contributed by atoms with Gasteiger partial charge in [-0.3, -0.25) is 9.59 Å². The lowest BCUT2D eigenvalue weighted by Gasteiger charge is -2.10. The second kappa shape index (κ2) is 9.60. The van der Waals surface area contributed by atoms with E-state index in [9.17, 15) is 9.59 Å². The summed E-state index contributed by atoms with van der Waals surface area (Å²) in [6, 6.07) is 19.0. The molecular weight excluding hydrogens is 418 g/mol. The molecule has 0 spiro atoms. The SMILES string of the molecule is O=C(CNC(=O)c1ccccc1CSc1nc2ccccc2s1)NCc1ccco1. The Balaban J connectivity index is 1.33. The first-order valence-corrected chi connectivity index (χ1v) is 11.1. The number of benzene rings is 2. The first-order chi connectivity index (χ1) is 14.7. The second-order valence-corrected chi connectivity index (χ2v) is 8.69. The molecule has 0 aliphatic rings. The van der Waals surface area contributed by atoms with Crippen LogP contribution in [0.2, 0.25) is 0 Å². The van der Waals surface area contributed by atoms with Gasteiger partial charge in [0.1, 0.15) is 5.76 Å². The van der Waals surface area contributed by atoms with E-state index in [0.29, 0.717) is 17.1 Å². The highest BCUT2D eigenvalue weighted by atomic mass is 32.2. The minimum Gasteiger partial charge on any atom is -0.467 e. The minimum atomic E-state index is -0.277. The number of rotatable bonds is 8. The number of nitrogens with one attached hydrogen (secondary N) is 2. The molecule has 0 aliphatic carbocycles. The van der Waals surface area contributed by atoms with Gasteiger partial charge in [-0.1, -0.05) is 42.1 Å². The molecule has 0 saturated heterocycles. The Morgan fingerprint density at radius 3 is 2.67 bits per heavy atom. The predicted molar refractivity (Wildman–Crippen MR) is 119 cm³/mol. The number of carbonyl (C=O) groups excluding carboxylic acids is 2. The molecule has 2 N–H and O–H groups in total. The van der Waals surface area contributed by atoms with Crippen molar-refractivity contribution in [2.24, 2.45) is 0 Å². The van der Waals surface area contributed by atoms with E-state index in [-0.39, 0.29) is 24.9 Å². The van der Waals surface area contributed by atoms with Gasteiger partial charge in [-0.2, -0.15) is 0 Å². The van der Waals surface area contributed by atoms with Crippen LogP contribution in [0.1, 0.15) is 21.7 Å². The quantitative estimate of drug-likeness (QED) is 0.403. The van der Waals surface area contributed by atoms with Gasteiger partial charge in [0.25, 0.3) is 5.91 Å². The minimum absolute atomic E-state index is 0.0983. The average Bonchev–Trinajstić information content (AvgIpc) is 3.44. The summed E-state index contributed by atoms with van der Waals surface area (Å²) < 4.78 is 7.28. The van der Waals surface area contributed by atoms with Gasteiger partial charge in [-0.05, 0) is 35.9 Å². The molecule has 0 saturated carbocycles. The van der Waals surface area contributed by atoms with Crippen LogP contribution >= 0.6 is 23.1 Å². The molecule has 2 aromatic carbocycles. The van der Waals surface area contributed by atoms with E-state index < -0.39 is 0 Å². The Morgan fingerprint density at radius 1 is 1.00 bits per heavy atom. The molecule has 6 nitrogen and oxygen atoms in total. The Morgan fingerprint density at radius 2 is 1.83 bits per heavy atom. The topological polar surface area (TPSA) is 84.2 Å². The fourth-order valence-corrected chi connectivity index (χ4v) is 4.91. The molecule has 2 amide bonds. The monoisotopic (exact) mass is 437 g/mol. The summed E-state index contributed by atoms with van der Waals surface area (Å²) in [4.78, 5) is 29.2. The number of furan rings is 1. The number of hydrogen-bond acceptors (Lipinski definition) is 6. The third kappa shape index (κ3) is 5.08. The molecule has 152 valence electrons. The molecule has 2 heterocycles. The van der Waals surface area contributed by atoms with E-state index in [2.05, 4.69) is 21.7 Å². The highest BCUT2D eigenvalue weighted by Gasteiger charge is 2.13. The van der Waals surface area contributed by atoms with Crippen molar-refractivity contribution in [3.05, 3.63) is 83.8 Å². The van der Waals surface area contributed by atoms with Gasteiger partial charge in [-0.25, -0.2) is 4.98 Å². The summed E-state index contributed by atoms with van der Waals surface area (Å²) in [6.07, 6.45) is 1.55. The van der Waals surface area contributed by atoms with Gasteiger partial charge in [-0.15, -0.1) is 11.3 Å². The lowest BCUT2D eigenvalue weighted by molar-refractivity contribution is -0.120. The van der Waals surface area contributed by atoms with Crippen molar-refractivity contribution in [1.29, 1.82) is 0 Å². The predicted octanol–water partition coefficient (Wildman–Crippen LogP) is 4.23. The van der Waals surface area contributed by atoms with Crippen LogP contribution in [-0.2, 0) is 17.1 Å². The molecule has 30 heavy (non-hydrogen) atoms. The van der Waals surface area contributed by atoms with E-state index in [4.69, 9.17) is 4.42 Å². The van der Waals surface area contributed by atoms with Crippen LogP contribution in [0.25, 0.3) is 10.2 Å². The molecule has 0 fully saturated rings. The van der Waals surface area contributed by atoms with Gasteiger partial charge in [0.05, 0.1) is 29.6 Å². The Bertz CT molecular complexity index is 1120. The number of para-hydroxylation sites is 1. The van der Waals surface area contributed by atoms with Gasteiger partial charge in [0, 0.05) is 11.3 Å². The molecule has 8 heteroatoms. The lowest BCUT2D eigenvalue weighted by atomic mass is 10.1. The summed E-state index contributed by atoms with van der Waals surface area (Å²) >= 11 is 3.24. The molecule has 2 aromatic heterocycles. The zero-order valence-corrected chi connectivity index (χ0v) is 17.6. The molecule has 4 aromatic rings. The third-order valence-electron chi connectivity index (χ3n) is 4.34. The van der Waals surface area contributed by atoms with E-state index >= 15 is 0 Å². The summed E-state index contributed by atoms with van der Waals surface area (Å²) in [5.41, 5.74) is 2.44. The maximum atomic E-state index is 12.6. The molecule has 0 unspecified atom stereocenters. The molecule has 0 bridgehead atoms. The highest BCUT2D eigenvalue weighted by Crippen LogP contribution is 2.31. The zero-order valence-electron chi connectivity index (χ0n) is 16.0. The van der Waals surface area contributed by atoms with Crippen LogP contribution in [0.5, 0.6) is 0 Å². The Labute approximate surface area is 181 Å². The number of amides is 2. The normalized spacial score (nSPS) is 10.8. The van der Waals surface area contributed by atoms with Crippen molar-refractivity contribution in [3.8, 4) is 0 Å². The number of thioether (sulfide) groups is 1. The number of fused-ring (bicyclic) bond motifs is 1. The first kappa shape index (κ1) is 20.2. The number of aromatic nitrogens is 1. The summed E-state index contributed by atoms with van der Waals surface area (Å²) in [6.45, 7) is 0.190. The van der Waals surface area contributed by atoms with E-state index in [1.165, 1.54) is 0 Å². The molecular formula is C22H19N3O3S2. The Hall–Kier alpha value is -3.10. The van der Waals surface area contributed by atoms with Crippen molar-refractivity contribution < 1.29 is 14.0 Å². The number of hydrogen-bond donors (Lipinski definition) is 2. The van der Waals surface area contributed by atoms with Crippen molar-refractivity contribution in [2.75, 3.05) is 6.54 Å². The summed E-state index contributed by atoms with van der Waals surface area (Å²) in [5.74, 6) is 0.727. The van der Waals surface area contributed by atoms with Crippen LogP contribution in [0.15, 0.2) is 75.7 Å². The smallest absolute Gasteiger partial charge is 0.252 e. The zero-order chi connectivity index (χ0) is 20.8. The lowest BCUT2D eigenvalue weighted by Crippen LogP contribution is -2.36.